The lowest BCUT2D eigenvalue weighted by atomic mass is 10.4. The van der Waals surface area contributed by atoms with Crippen LogP contribution in [0.3, 0.4) is 0 Å². The van der Waals surface area contributed by atoms with Gasteiger partial charge in [0.2, 0.25) is 0 Å². The maximum absolute atomic E-state index is 2.30. The second kappa shape index (κ2) is 2.67. The predicted octanol–water partition coefficient (Wildman–Crippen LogP) is 0.529. The SMILES string of the molecule is C[SiH2]c1ccccc1. The van der Waals surface area contributed by atoms with Gasteiger partial charge < -0.3 is 0 Å². The smallest absolute Gasteiger partial charge is 0.0516 e. The molecule has 0 saturated carbocycles. The maximum Gasteiger partial charge on any atom is 0.0516 e. The maximum atomic E-state index is 2.30. The third-order valence-corrected chi connectivity index (χ3v) is 2.54. The molecule has 0 amide bonds. The number of hydrogen-bond donors (Lipinski definition) is 0. The monoisotopic (exact) mass is 122 g/mol. The average molecular weight is 122 g/mol. The number of hydrogen-bond acceptors (Lipinski definition) is 0. The Labute approximate surface area is 52.4 Å². The number of rotatable bonds is 1. The van der Waals surface area contributed by atoms with Crippen molar-refractivity contribution < 1.29 is 0 Å². The molecule has 0 spiro atoms. The molecule has 0 nitrogen and oxygen atoms in total. The first kappa shape index (κ1) is 5.57. The Balaban J connectivity index is 2.83. The lowest BCUT2D eigenvalue weighted by molar-refractivity contribution is 1.77. The van der Waals surface area contributed by atoms with Crippen LogP contribution in [0.2, 0.25) is 6.55 Å². The molecule has 8 heavy (non-hydrogen) atoms. The fourth-order valence-corrected chi connectivity index (χ4v) is 1.46. The Bertz CT molecular complexity index is 146. The second-order valence-electron chi connectivity index (χ2n) is 1.84. The molecular formula is C7H10Si. The summed E-state index contributed by atoms with van der Waals surface area (Å²) < 4.78 is 0. The van der Waals surface area contributed by atoms with Crippen molar-refractivity contribution in [2.24, 2.45) is 0 Å². The van der Waals surface area contributed by atoms with Crippen LogP contribution in [0, 0.1) is 0 Å². The van der Waals surface area contributed by atoms with Gasteiger partial charge in [-0.1, -0.05) is 42.1 Å². The molecular weight excluding hydrogens is 112 g/mol. The highest BCUT2D eigenvalue weighted by Gasteiger charge is 1.80. The van der Waals surface area contributed by atoms with Gasteiger partial charge in [-0.3, -0.25) is 0 Å². The van der Waals surface area contributed by atoms with Crippen molar-refractivity contribution in [2.75, 3.05) is 0 Å². The van der Waals surface area contributed by atoms with Crippen molar-refractivity contribution in [1.29, 1.82) is 0 Å². The van der Waals surface area contributed by atoms with E-state index < -0.39 is 0 Å². The van der Waals surface area contributed by atoms with Crippen molar-refractivity contribution in [3.63, 3.8) is 0 Å². The highest BCUT2D eigenvalue weighted by molar-refractivity contribution is 6.51. The summed E-state index contributed by atoms with van der Waals surface area (Å²) in [6.45, 7) is 2.30. The summed E-state index contributed by atoms with van der Waals surface area (Å²) in [6.07, 6.45) is 0. The van der Waals surface area contributed by atoms with Gasteiger partial charge in [-0.2, -0.15) is 0 Å². The van der Waals surface area contributed by atoms with Crippen molar-refractivity contribution in [2.45, 2.75) is 6.55 Å². The first-order valence-electron chi connectivity index (χ1n) is 2.97. The Morgan fingerprint density at radius 1 is 1.12 bits per heavy atom. The Morgan fingerprint density at radius 3 is 2.12 bits per heavy atom. The van der Waals surface area contributed by atoms with Crippen LogP contribution >= 0.6 is 0 Å². The summed E-state index contributed by atoms with van der Waals surface area (Å²) in [7, 11) is 0.0913. The first-order valence-corrected chi connectivity index (χ1v) is 5.09. The van der Waals surface area contributed by atoms with Crippen LogP contribution < -0.4 is 5.19 Å². The summed E-state index contributed by atoms with van der Waals surface area (Å²) in [6, 6.07) is 10.7. The van der Waals surface area contributed by atoms with Gasteiger partial charge in [-0.05, 0) is 0 Å². The van der Waals surface area contributed by atoms with Gasteiger partial charge >= 0.3 is 0 Å². The summed E-state index contributed by atoms with van der Waals surface area (Å²) in [4.78, 5) is 0. The van der Waals surface area contributed by atoms with Gasteiger partial charge in [0.1, 0.15) is 0 Å². The fourth-order valence-electron chi connectivity index (χ4n) is 0.714. The number of benzene rings is 1. The summed E-state index contributed by atoms with van der Waals surface area (Å²) in [5.74, 6) is 0. The highest BCUT2D eigenvalue weighted by Crippen LogP contribution is 1.79. The zero-order valence-corrected chi connectivity index (χ0v) is 6.51. The third-order valence-electron chi connectivity index (χ3n) is 1.25. The molecule has 0 heterocycles. The topological polar surface area (TPSA) is 0 Å². The Morgan fingerprint density at radius 2 is 1.75 bits per heavy atom. The Hall–Kier alpha value is -0.563. The standard InChI is InChI=1S/C7H10Si/c1-8-7-5-3-2-4-6-7/h2-6H,8H2,1H3. The van der Waals surface area contributed by atoms with Crippen molar-refractivity contribution in [1.82, 2.24) is 0 Å². The summed E-state index contributed by atoms with van der Waals surface area (Å²) in [5, 5.41) is 1.55. The van der Waals surface area contributed by atoms with Gasteiger partial charge in [-0.25, -0.2) is 0 Å². The molecule has 0 aliphatic rings. The quantitative estimate of drug-likeness (QED) is 0.477. The van der Waals surface area contributed by atoms with Crippen molar-refractivity contribution in [3.8, 4) is 0 Å². The third kappa shape index (κ3) is 1.20. The van der Waals surface area contributed by atoms with E-state index in [1.54, 1.807) is 5.19 Å². The van der Waals surface area contributed by atoms with Crippen LogP contribution in [0.25, 0.3) is 0 Å². The molecule has 0 fully saturated rings. The molecule has 0 aliphatic heterocycles. The van der Waals surface area contributed by atoms with Gasteiger partial charge in [0.05, 0.1) is 9.52 Å². The van der Waals surface area contributed by atoms with E-state index in [9.17, 15) is 0 Å². The molecule has 0 N–H and O–H groups in total. The van der Waals surface area contributed by atoms with Gasteiger partial charge in [0, 0.05) is 0 Å². The van der Waals surface area contributed by atoms with E-state index in [1.807, 2.05) is 0 Å². The minimum atomic E-state index is 0.0913. The summed E-state index contributed by atoms with van der Waals surface area (Å²) >= 11 is 0. The van der Waals surface area contributed by atoms with Crippen LogP contribution in [0.1, 0.15) is 0 Å². The molecule has 1 heteroatoms. The van der Waals surface area contributed by atoms with E-state index in [0.29, 0.717) is 0 Å². The Kier molecular flexibility index (Phi) is 1.86. The molecule has 1 aromatic carbocycles. The van der Waals surface area contributed by atoms with Crippen molar-refractivity contribution in [3.05, 3.63) is 30.3 Å². The zero-order chi connectivity index (χ0) is 5.82. The fraction of sp³-hybridized carbons (Fsp3) is 0.143. The van der Waals surface area contributed by atoms with E-state index in [4.69, 9.17) is 0 Å². The molecule has 0 radical (unpaired) electrons. The van der Waals surface area contributed by atoms with Gasteiger partial charge in [0.15, 0.2) is 0 Å². The largest absolute Gasteiger partial charge is 0.0708 e. The minimum Gasteiger partial charge on any atom is -0.0708 e. The molecule has 1 rings (SSSR count). The van der Waals surface area contributed by atoms with E-state index in [-0.39, 0.29) is 9.52 Å². The van der Waals surface area contributed by atoms with Crippen LogP contribution in [-0.4, -0.2) is 9.52 Å². The van der Waals surface area contributed by atoms with Crippen LogP contribution in [0.15, 0.2) is 30.3 Å². The lowest BCUT2D eigenvalue weighted by Crippen LogP contribution is -2.07. The van der Waals surface area contributed by atoms with Gasteiger partial charge in [0.25, 0.3) is 0 Å². The van der Waals surface area contributed by atoms with E-state index >= 15 is 0 Å². The van der Waals surface area contributed by atoms with E-state index in [1.165, 1.54) is 0 Å². The van der Waals surface area contributed by atoms with Crippen LogP contribution in [0.5, 0.6) is 0 Å². The molecule has 0 unspecified atom stereocenters. The molecule has 0 bridgehead atoms. The van der Waals surface area contributed by atoms with Crippen molar-refractivity contribution >= 4 is 14.7 Å². The molecule has 0 saturated heterocycles. The minimum absolute atomic E-state index is 0.0913. The molecule has 0 aromatic heterocycles. The molecule has 0 aliphatic carbocycles. The summed E-state index contributed by atoms with van der Waals surface area (Å²) in [5.41, 5.74) is 0. The normalized spacial score (nSPS) is 10.6. The van der Waals surface area contributed by atoms with E-state index in [2.05, 4.69) is 36.9 Å². The van der Waals surface area contributed by atoms with Crippen LogP contribution in [-0.2, 0) is 0 Å². The average Bonchev–Trinajstić information content (AvgIpc) is 1.90. The predicted molar refractivity (Wildman–Crippen MR) is 40.5 cm³/mol. The molecule has 0 atom stereocenters. The molecule has 1 aromatic rings. The van der Waals surface area contributed by atoms with Crippen LogP contribution in [0.4, 0.5) is 0 Å². The van der Waals surface area contributed by atoms with E-state index in [0.717, 1.165) is 0 Å². The first-order chi connectivity index (χ1) is 3.93. The second-order valence-corrected chi connectivity index (χ2v) is 3.36. The zero-order valence-electron chi connectivity index (χ0n) is 5.09. The molecule has 42 valence electrons. The lowest BCUT2D eigenvalue weighted by Gasteiger charge is -1.89. The highest BCUT2D eigenvalue weighted by atomic mass is 28.2. The van der Waals surface area contributed by atoms with Gasteiger partial charge in [-0.15, -0.1) is 0 Å².